The van der Waals surface area contributed by atoms with E-state index in [9.17, 15) is 4.39 Å². The molecule has 1 aromatic carbocycles. The van der Waals surface area contributed by atoms with Crippen molar-refractivity contribution in [3.05, 3.63) is 46.4 Å². The van der Waals surface area contributed by atoms with E-state index in [1.807, 2.05) is 6.92 Å². The number of nitrogen functional groups attached to an aromatic ring is 1. The van der Waals surface area contributed by atoms with E-state index >= 15 is 0 Å². The lowest BCUT2D eigenvalue weighted by molar-refractivity contribution is 0.623. The Balaban J connectivity index is 2.30. The van der Waals surface area contributed by atoms with Gasteiger partial charge in [0.25, 0.3) is 0 Å². The van der Waals surface area contributed by atoms with Gasteiger partial charge in [0.15, 0.2) is 0 Å². The summed E-state index contributed by atoms with van der Waals surface area (Å²) in [6, 6.07) is 4.62. The minimum atomic E-state index is -0.243. The number of nitrogens with two attached hydrogens (primary N) is 1. The van der Waals surface area contributed by atoms with Crippen LogP contribution < -0.4 is 5.73 Å². The molecule has 0 saturated heterocycles. The van der Waals surface area contributed by atoms with E-state index in [0.717, 1.165) is 11.1 Å². The Morgan fingerprint density at radius 1 is 1.50 bits per heavy atom. The summed E-state index contributed by atoms with van der Waals surface area (Å²) in [5, 5.41) is 4.47. The summed E-state index contributed by atoms with van der Waals surface area (Å²) in [6.07, 6.45) is 1.50. The number of hydrogen-bond donors (Lipinski definition) is 1. The molecule has 1 heterocycles. The maximum Gasteiger partial charge on any atom is 0.140 e. The lowest BCUT2D eigenvalue weighted by Gasteiger charge is -2.07. The van der Waals surface area contributed by atoms with Gasteiger partial charge < -0.3 is 5.73 Å². The lowest BCUT2D eigenvalue weighted by atomic mass is 10.1. The van der Waals surface area contributed by atoms with E-state index in [-0.39, 0.29) is 5.82 Å². The molecule has 0 fully saturated rings. The highest BCUT2D eigenvalue weighted by atomic mass is 35.5. The van der Waals surface area contributed by atoms with Crippen LogP contribution in [-0.2, 0) is 6.54 Å². The molecule has 3 nitrogen and oxygen atoms in total. The average molecular weight is 240 g/mol. The normalized spacial score (nSPS) is 10.7. The highest BCUT2D eigenvalue weighted by molar-refractivity contribution is 6.32. The second-order valence-corrected chi connectivity index (χ2v) is 4.01. The SMILES string of the molecule is Cc1cc(F)ccc1Cn1ncc(Cl)c1N. The van der Waals surface area contributed by atoms with Gasteiger partial charge in [-0.2, -0.15) is 5.10 Å². The van der Waals surface area contributed by atoms with Crippen molar-refractivity contribution in [3.8, 4) is 0 Å². The van der Waals surface area contributed by atoms with Gasteiger partial charge in [-0.3, -0.25) is 0 Å². The summed E-state index contributed by atoms with van der Waals surface area (Å²) in [4.78, 5) is 0. The zero-order valence-electron chi connectivity index (χ0n) is 8.74. The molecular weight excluding hydrogens is 229 g/mol. The number of hydrogen-bond acceptors (Lipinski definition) is 2. The van der Waals surface area contributed by atoms with Crippen molar-refractivity contribution >= 4 is 17.4 Å². The molecule has 0 saturated carbocycles. The first-order valence-corrected chi connectivity index (χ1v) is 5.17. The van der Waals surface area contributed by atoms with Crippen LogP contribution in [0.4, 0.5) is 10.2 Å². The molecule has 2 N–H and O–H groups in total. The Morgan fingerprint density at radius 2 is 2.25 bits per heavy atom. The molecule has 0 radical (unpaired) electrons. The molecule has 0 spiro atoms. The second-order valence-electron chi connectivity index (χ2n) is 3.61. The maximum atomic E-state index is 12.9. The van der Waals surface area contributed by atoms with Gasteiger partial charge in [0.05, 0.1) is 12.7 Å². The third kappa shape index (κ3) is 2.02. The molecule has 84 valence electrons. The monoisotopic (exact) mass is 239 g/mol. The molecule has 2 rings (SSSR count). The Hall–Kier alpha value is -1.55. The van der Waals surface area contributed by atoms with Crippen molar-refractivity contribution in [2.24, 2.45) is 0 Å². The van der Waals surface area contributed by atoms with Gasteiger partial charge in [0.2, 0.25) is 0 Å². The van der Waals surface area contributed by atoms with Crippen LogP contribution in [0.2, 0.25) is 5.02 Å². The Labute approximate surface area is 97.6 Å². The summed E-state index contributed by atoms with van der Waals surface area (Å²) in [5.74, 6) is 0.179. The van der Waals surface area contributed by atoms with Gasteiger partial charge in [0.1, 0.15) is 16.7 Å². The number of halogens is 2. The van der Waals surface area contributed by atoms with Crippen molar-refractivity contribution in [2.75, 3.05) is 5.73 Å². The van der Waals surface area contributed by atoms with Gasteiger partial charge in [0, 0.05) is 0 Å². The van der Waals surface area contributed by atoms with Gasteiger partial charge in [-0.05, 0) is 30.2 Å². The van der Waals surface area contributed by atoms with Crippen molar-refractivity contribution in [3.63, 3.8) is 0 Å². The van der Waals surface area contributed by atoms with Gasteiger partial charge in [-0.15, -0.1) is 0 Å². The lowest BCUT2D eigenvalue weighted by Crippen LogP contribution is -2.07. The van der Waals surface area contributed by atoms with Crippen molar-refractivity contribution in [2.45, 2.75) is 13.5 Å². The van der Waals surface area contributed by atoms with Gasteiger partial charge in [-0.25, -0.2) is 9.07 Å². The van der Waals surface area contributed by atoms with E-state index in [1.165, 1.54) is 18.3 Å². The first-order valence-electron chi connectivity index (χ1n) is 4.79. The predicted molar refractivity (Wildman–Crippen MR) is 61.9 cm³/mol. The van der Waals surface area contributed by atoms with Crippen LogP contribution >= 0.6 is 11.6 Å². The number of anilines is 1. The molecule has 0 unspecified atom stereocenters. The number of aryl methyl sites for hydroxylation is 1. The molecule has 0 bridgehead atoms. The average Bonchev–Trinajstić information content (AvgIpc) is 2.54. The van der Waals surface area contributed by atoms with Crippen LogP contribution in [0.1, 0.15) is 11.1 Å². The summed E-state index contributed by atoms with van der Waals surface area (Å²) in [6.45, 7) is 2.34. The van der Waals surface area contributed by atoms with Crippen LogP contribution in [0.15, 0.2) is 24.4 Å². The summed E-state index contributed by atoms with van der Waals surface area (Å²) >= 11 is 5.79. The minimum Gasteiger partial charge on any atom is -0.383 e. The molecule has 0 atom stereocenters. The van der Waals surface area contributed by atoms with E-state index in [0.29, 0.717) is 17.4 Å². The number of rotatable bonds is 2. The number of benzene rings is 1. The van der Waals surface area contributed by atoms with E-state index in [4.69, 9.17) is 17.3 Å². The fraction of sp³-hybridized carbons (Fsp3) is 0.182. The first kappa shape index (κ1) is 11.0. The molecular formula is C11H11ClFN3. The maximum absolute atomic E-state index is 12.9. The number of nitrogens with zero attached hydrogens (tertiary/aromatic N) is 2. The predicted octanol–water partition coefficient (Wildman–Crippen LogP) is 2.61. The standard InChI is InChI=1S/C11H11ClFN3/c1-7-4-9(13)3-2-8(7)6-16-11(14)10(12)5-15-16/h2-5H,6,14H2,1H3. The Kier molecular flexibility index (Phi) is 2.83. The van der Waals surface area contributed by atoms with Gasteiger partial charge >= 0.3 is 0 Å². The first-order chi connectivity index (χ1) is 7.58. The molecule has 5 heteroatoms. The third-order valence-electron chi connectivity index (χ3n) is 2.46. The third-order valence-corrected chi connectivity index (χ3v) is 2.75. The molecule has 1 aromatic heterocycles. The molecule has 0 aliphatic carbocycles. The highest BCUT2D eigenvalue weighted by Crippen LogP contribution is 2.19. The van der Waals surface area contributed by atoms with Crippen molar-refractivity contribution in [1.82, 2.24) is 9.78 Å². The molecule has 0 aliphatic heterocycles. The van der Waals surface area contributed by atoms with Crippen molar-refractivity contribution < 1.29 is 4.39 Å². The molecule has 0 amide bonds. The van der Waals surface area contributed by atoms with E-state index in [2.05, 4.69) is 5.10 Å². The van der Waals surface area contributed by atoms with E-state index < -0.39 is 0 Å². The highest BCUT2D eigenvalue weighted by Gasteiger charge is 2.07. The Bertz CT molecular complexity index is 522. The van der Waals surface area contributed by atoms with Crippen molar-refractivity contribution in [1.29, 1.82) is 0 Å². The van der Waals surface area contributed by atoms with Crippen LogP contribution in [0.5, 0.6) is 0 Å². The zero-order chi connectivity index (χ0) is 11.7. The topological polar surface area (TPSA) is 43.8 Å². The summed E-state index contributed by atoms with van der Waals surface area (Å²) < 4.78 is 14.5. The fourth-order valence-corrected chi connectivity index (χ4v) is 1.64. The summed E-state index contributed by atoms with van der Waals surface area (Å²) in [5.41, 5.74) is 7.56. The second kappa shape index (κ2) is 4.14. The Morgan fingerprint density at radius 3 is 2.81 bits per heavy atom. The minimum absolute atomic E-state index is 0.243. The quantitative estimate of drug-likeness (QED) is 0.876. The molecule has 16 heavy (non-hydrogen) atoms. The van der Waals surface area contributed by atoms with Crippen LogP contribution in [0, 0.1) is 12.7 Å². The zero-order valence-corrected chi connectivity index (χ0v) is 9.50. The van der Waals surface area contributed by atoms with Crippen LogP contribution in [0.25, 0.3) is 0 Å². The van der Waals surface area contributed by atoms with Crippen LogP contribution in [-0.4, -0.2) is 9.78 Å². The molecule has 0 aliphatic rings. The smallest absolute Gasteiger partial charge is 0.140 e. The van der Waals surface area contributed by atoms with Crippen LogP contribution in [0.3, 0.4) is 0 Å². The van der Waals surface area contributed by atoms with Gasteiger partial charge in [-0.1, -0.05) is 17.7 Å². The largest absolute Gasteiger partial charge is 0.383 e. The fourth-order valence-electron chi connectivity index (χ4n) is 1.50. The molecule has 2 aromatic rings. The number of aromatic nitrogens is 2. The van der Waals surface area contributed by atoms with E-state index in [1.54, 1.807) is 10.7 Å². The summed E-state index contributed by atoms with van der Waals surface area (Å²) in [7, 11) is 0.